The Morgan fingerprint density at radius 1 is 1.44 bits per heavy atom. The molecule has 4 N–H and O–H groups in total. The van der Waals surface area contributed by atoms with E-state index in [1.54, 1.807) is 25.1 Å². The molecule has 0 heterocycles. The van der Waals surface area contributed by atoms with Crippen LogP contribution >= 0.6 is 0 Å². The number of hydrazine groups is 1. The van der Waals surface area contributed by atoms with Gasteiger partial charge in [0, 0.05) is 5.57 Å². The summed E-state index contributed by atoms with van der Waals surface area (Å²) in [6.45, 7) is 5.07. The van der Waals surface area contributed by atoms with E-state index in [0.29, 0.717) is 16.7 Å². The lowest BCUT2D eigenvalue weighted by atomic mass is 9.80. The molecule has 5 nitrogen and oxygen atoms in total. The minimum absolute atomic E-state index is 0.324. The Bertz CT molecular complexity index is 407. The minimum atomic E-state index is -1.53. The monoisotopic (exact) mass is 220 g/mol. The quantitative estimate of drug-likeness (QED) is 0.310. The smallest absolute Gasteiger partial charge is 0.423 e. The van der Waals surface area contributed by atoms with Gasteiger partial charge in [0.05, 0.1) is 5.69 Å². The van der Waals surface area contributed by atoms with Crippen molar-refractivity contribution < 1.29 is 14.8 Å². The third-order valence-corrected chi connectivity index (χ3v) is 1.89. The Balaban J connectivity index is 2.64. The summed E-state index contributed by atoms with van der Waals surface area (Å²) in [7, 11) is -1.53. The Labute approximate surface area is 93.9 Å². The predicted molar refractivity (Wildman–Crippen MR) is 62.8 cm³/mol. The second kappa shape index (κ2) is 5.34. The summed E-state index contributed by atoms with van der Waals surface area (Å²) in [5, 5.41) is 17.9. The first kappa shape index (κ1) is 12.3. The highest BCUT2D eigenvalue weighted by atomic mass is 16.4. The molecular weight excluding hydrogens is 207 g/mol. The largest absolute Gasteiger partial charge is 0.488 e. The average molecular weight is 220 g/mol. The first-order valence-electron chi connectivity index (χ1n) is 4.68. The van der Waals surface area contributed by atoms with Gasteiger partial charge in [0.25, 0.3) is 5.91 Å². The Morgan fingerprint density at radius 3 is 2.69 bits per heavy atom. The fraction of sp³-hybridized carbons (Fsp3) is 0.100. The van der Waals surface area contributed by atoms with E-state index in [-0.39, 0.29) is 5.91 Å². The van der Waals surface area contributed by atoms with Crippen LogP contribution in [0.5, 0.6) is 0 Å². The molecule has 0 radical (unpaired) electrons. The van der Waals surface area contributed by atoms with E-state index in [4.69, 9.17) is 10.0 Å². The van der Waals surface area contributed by atoms with E-state index < -0.39 is 7.12 Å². The lowest BCUT2D eigenvalue weighted by Gasteiger charge is -2.09. The van der Waals surface area contributed by atoms with E-state index in [1.807, 2.05) is 0 Å². The number of hydrogen-bond donors (Lipinski definition) is 4. The Morgan fingerprint density at radius 2 is 2.12 bits per heavy atom. The maximum atomic E-state index is 11.2. The van der Waals surface area contributed by atoms with Crippen LogP contribution in [-0.2, 0) is 4.79 Å². The minimum Gasteiger partial charge on any atom is -0.423 e. The number of carbonyl (C=O) groups is 1. The molecule has 1 aromatic carbocycles. The van der Waals surface area contributed by atoms with Crippen LogP contribution in [0.1, 0.15) is 6.92 Å². The van der Waals surface area contributed by atoms with Crippen LogP contribution < -0.4 is 16.3 Å². The summed E-state index contributed by atoms with van der Waals surface area (Å²) >= 11 is 0. The van der Waals surface area contributed by atoms with E-state index in [9.17, 15) is 4.79 Å². The van der Waals surface area contributed by atoms with Gasteiger partial charge in [-0.2, -0.15) is 0 Å². The fourth-order valence-electron chi connectivity index (χ4n) is 1.01. The summed E-state index contributed by atoms with van der Waals surface area (Å²) in [5.74, 6) is -0.324. The molecule has 84 valence electrons. The molecule has 0 spiro atoms. The van der Waals surface area contributed by atoms with Crippen LogP contribution in [-0.4, -0.2) is 23.1 Å². The third-order valence-electron chi connectivity index (χ3n) is 1.89. The predicted octanol–water partition coefficient (Wildman–Crippen LogP) is -0.614. The Kier molecular flexibility index (Phi) is 4.10. The number of anilines is 1. The number of amides is 1. The molecule has 0 saturated carbocycles. The number of benzene rings is 1. The molecule has 0 fully saturated rings. The second-order valence-corrected chi connectivity index (χ2v) is 3.36. The van der Waals surface area contributed by atoms with Gasteiger partial charge in [-0.25, -0.2) is 0 Å². The molecule has 0 bridgehead atoms. The van der Waals surface area contributed by atoms with Gasteiger partial charge in [0.1, 0.15) is 0 Å². The highest BCUT2D eigenvalue weighted by Crippen LogP contribution is 2.02. The molecule has 0 aliphatic rings. The van der Waals surface area contributed by atoms with Crippen LogP contribution in [0.2, 0.25) is 0 Å². The molecule has 0 aromatic heterocycles. The van der Waals surface area contributed by atoms with Crippen molar-refractivity contribution in [3.05, 3.63) is 36.4 Å². The van der Waals surface area contributed by atoms with Gasteiger partial charge in [0.15, 0.2) is 0 Å². The van der Waals surface area contributed by atoms with Crippen molar-refractivity contribution in [1.82, 2.24) is 5.43 Å². The van der Waals surface area contributed by atoms with E-state index in [0.717, 1.165) is 0 Å². The molecule has 0 atom stereocenters. The van der Waals surface area contributed by atoms with Gasteiger partial charge in [-0.1, -0.05) is 18.7 Å². The van der Waals surface area contributed by atoms with Crippen LogP contribution in [0.25, 0.3) is 0 Å². The molecule has 1 aromatic rings. The van der Waals surface area contributed by atoms with Gasteiger partial charge in [0.2, 0.25) is 0 Å². The van der Waals surface area contributed by atoms with Crippen LogP contribution in [0.3, 0.4) is 0 Å². The SMILES string of the molecule is C=C(C)C(=O)NNc1cccc(B(O)O)c1. The number of hydrogen-bond acceptors (Lipinski definition) is 4. The number of carbonyl (C=O) groups excluding carboxylic acids is 1. The molecule has 0 aliphatic carbocycles. The first-order valence-corrected chi connectivity index (χ1v) is 4.68. The lowest BCUT2D eigenvalue weighted by molar-refractivity contribution is -0.116. The van der Waals surface area contributed by atoms with Crippen molar-refractivity contribution in [3.63, 3.8) is 0 Å². The van der Waals surface area contributed by atoms with Gasteiger partial charge >= 0.3 is 7.12 Å². The zero-order chi connectivity index (χ0) is 12.1. The normalized spacial score (nSPS) is 9.44. The number of nitrogens with one attached hydrogen (secondary N) is 2. The zero-order valence-electron chi connectivity index (χ0n) is 8.90. The van der Waals surface area contributed by atoms with E-state index >= 15 is 0 Å². The maximum Gasteiger partial charge on any atom is 0.488 e. The molecule has 0 unspecified atom stereocenters. The summed E-state index contributed by atoms with van der Waals surface area (Å²) < 4.78 is 0. The fourth-order valence-corrected chi connectivity index (χ4v) is 1.01. The zero-order valence-corrected chi connectivity index (χ0v) is 8.90. The van der Waals surface area contributed by atoms with Crippen molar-refractivity contribution >= 4 is 24.2 Å². The van der Waals surface area contributed by atoms with Gasteiger partial charge in [-0.05, 0) is 24.5 Å². The topological polar surface area (TPSA) is 81.6 Å². The van der Waals surface area contributed by atoms with Gasteiger partial charge < -0.3 is 10.0 Å². The molecule has 16 heavy (non-hydrogen) atoms. The van der Waals surface area contributed by atoms with Crippen LogP contribution in [0.4, 0.5) is 5.69 Å². The molecule has 1 rings (SSSR count). The molecule has 6 heteroatoms. The van der Waals surface area contributed by atoms with Crippen LogP contribution in [0.15, 0.2) is 36.4 Å². The molecule has 0 aliphatic heterocycles. The number of rotatable bonds is 4. The van der Waals surface area contributed by atoms with E-state index in [2.05, 4.69) is 17.4 Å². The highest BCUT2D eigenvalue weighted by Gasteiger charge is 2.10. The second-order valence-electron chi connectivity index (χ2n) is 3.36. The third kappa shape index (κ3) is 3.41. The van der Waals surface area contributed by atoms with Gasteiger partial charge in [-0.15, -0.1) is 0 Å². The average Bonchev–Trinajstić information content (AvgIpc) is 2.26. The lowest BCUT2D eigenvalue weighted by Crippen LogP contribution is -2.32. The van der Waals surface area contributed by atoms with Crippen molar-refractivity contribution in [2.45, 2.75) is 6.92 Å². The van der Waals surface area contributed by atoms with Crippen LogP contribution in [0, 0.1) is 0 Å². The summed E-state index contributed by atoms with van der Waals surface area (Å²) in [4.78, 5) is 11.2. The van der Waals surface area contributed by atoms with Crippen molar-refractivity contribution in [1.29, 1.82) is 0 Å². The van der Waals surface area contributed by atoms with Crippen molar-refractivity contribution in [3.8, 4) is 0 Å². The maximum absolute atomic E-state index is 11.2. The highest BCUT2D eigenvalue weighted by molar-refractivity contribution is 6.58. The Hall–Kier alpha value is -1.79. The molecular formula is C10H13BN2O3. The summed E-state index contributed by atoms with van der Waals surface area (Å²) in [6, 6.07) is 6.41. The summed E-state index contributed by atoms with van der Waals surface area (Å²) in [6.07, 6.45) is 0. The van der Waals surface area contributed by atoms with Crippen molar-refractivity contribution in [2.75, 3.05) is 5.43 Å². The standard InChI is InChI=1S/C10H13BN2O3/c1-7(2)10(14)13-12-9-5-3-4-8(6-9)11(15)16/h3-6,12,15-16H,1H2,2H3,(H,13,14). The van der Waals surface area contributed by atoms with Gasteiger partial charge in [-0.3, -0.25) is 15.6 Å². The van der Waals surface area contributed by atoms with E-state index in [1.165, 1.54) is 6.07 Å². The first-order chi connectivity index (χ1) is 7.50. The van der Waals surface area contributed by atoms with Crippen molar-refractivity contribution in [2.24, 2.45) is 0 Å². The molecule has 0 saturated heterocycles. The molecule has 1 amide bonds. The summed E-state index contributed by atoms with van der Waals surface area (Å²) in [5.41, 5.74) is 6.33.